The predicted octanol–water partition coefficient (Wildman–Crippen LogP) is 3.37. The van der Waals surface area contributed by atoms with E-state index in [-0.39, 0.29) is 11.8 Å². The molecule has 0 spiro atoms. The van der Waals surface area contributed by atoms with E-state index < -0.39 is 0 Å². The highest BCUT2D eigenvalue weighted by molar-refractivity contribution is 7.98. The van der Waals surface area contributed by atoms with E-state index in [4.69, 9.17) is 0 Å². The molecule has 1 aliphatic rings. The number of imide groups is 1. The summed E-state index contributed by atoms with van der Waals surface area (Å²) in [5, 5.41) is 0. The average Bonchev–Trinajstić information content (AvgIpc) is 2.83. The van der Waals surface area contributed by atoms with Gasteiger partial charge < -0.3 is 0 Å². The molecule has 3 rings (SSSR count). The molecule has 0 aliphatic carbocycles. The van der Waals surface area contributed by atoms with Crippen LogP contribution in [0.5, 0.6) is 0 Å². The Morgan fingerprint density at radius 1 is 0.905 bits per heavy atom. The molecule has 3 nitrogen and oxygen atoms in total. The third-order valence-corrected chi connectivity index (χ3v) is 4.08. The fourth-order valence-corrected chi connectivity index (χ4v) is 2.68. The minimum Gasteiger partial charge on any atom is -0.269 e. The van der Waals surface area contributed by atoms with Gasteiger partial charge in [-0.25, -0.2) is 4.90 Å². The molecule has 0 saturated carbocycles. The van der Waals surface area contributed by atoms with Crippen LogP contribution in [-0.2, 0) is 9.59 Å². The Labute approximate surface area is 127 Å². The lowest BCUT2D eigenvalue weighted by molar-refractivity contribution is -0.119. The van der Waals surface area contributed by atoms with Crippen molar-refractivity contribution in [1.82, 2.24) is 0 Å². The molecule has 2 aromatic carbocycles. The van der Waals surface area contributed by atoms with E-state index in [0.29, 0.717) is 11.3 Å². The first-order valence-corrected chi connectivity index (χ1v) is 7.73. The van der Waals surface area contributed by atoms with Gasteiger partial charge in [0.15, 0.2) is 0 Å². The predicted molar refractivity (Wildman–Crippen MR) is 85.1 cm³/mol. The Bertz CT molecular complexity index is 720. The summed E-state index contributed by atoms with van der Waals surface area (Å²) in [6.45, 7) is 0. The lowest BCUT2D eigenvalue weighted by Crippen LogP contribution is -2.30. The van der Waals surface area contributed by atoms with Crippen LogP contribution in [-0.4, -0.2) is 18.1 Å². The van der Waals surface area contributed by atoms with Gasteiger partial charge in [-0.05, 0) is 36.1 Å². The van der Waals surface area contributed by atoms with Gasteiger partial charge in [-0.15, -0.1) is 11.8 Å². The van der Waals surface area contributed by atoms with Crippen LogP contribution in [0.1, 0.15) is 5.56 Å². The van der Waals surface area contributed by atoms with Gasteiger partial charge in [0.25, 0.3) is 11.8 Å². The van der Waals surface area contributed by atoms with Crippen molar-refractivity contribution in [2.75, 3.05) is 11.2 Å². The van der Waals surface area contributed by atoms with Crippen molar-refractivity contribution in [2.45, 2.75) is 4.90 Å². The van der Waals surface area contributed by atoms with E-state index in [1.54, 1.807) is 23.9 Å². The minimum absolute atomic E-state index is 0.275. The number of hydrogen-bond donors (Lipinski definition) is 0. The SMILES string of the molecule is CSc1ccc(N2C(=O)C=C(c3ccccc3)C2=O)cc1. The molecule has 0 unspecified atom stereocenters. The van der Waals surface area contributed by atoms with Crippen molar-refractivity contribution in [3.8, 4) is 0 Å². The topological polar surface area (TPSA) is 37.4 Å². The zero-order valence-electron chi connectivity index (χ0n) is 11.4. The van der Waals surface area contributed by atoms with Crippen LogP contribution >= 0.6 is 11.8 Å². The minimum atomic E-state index is -0.296. The summed E-state index contributed by atoms with van der Waals surface area (Å²) in [6, 6.07) is 16.6. The normalized spacial score (nSPS) is 14.5. The molecule has 0 radical (unpaired) electrons. The number of amides is 2. The quantitative estimate of drug-likeness (QED) is 0.643. The second-order valence-corrected chi connectivity index (χ2v) is 5.48. The van der Waals surface area contributed by atoms with Crippen molar-refractivity contribution in [1.29, 1.82) is 0 Å². The van der Waals surface area contributed by atoms with Crippen molar-refractivity contribution >= 4 is 34.8 Å². The second kappa shape index (κ2) is 5.58. The van der Waals surface area contributed by atoms with Crippen LogP contribution in [0, 0.1) is 0 Å². The highest BCUT2D eigenvalue weighted by Crippen LogP contribution is 2.29. The highest BCUT2D eigenvalue weighted by Gasteiger charge is 2.32. The van der Waals surface area contributed by atoms with E-state index >= 15 is 0 Å². The molecule has 1 aliphatic heterocycles. The second-order valence-electron chi connectivity index (χ2n) is 4.60. The maximum absolute atomic E-state index is 12.5. The summed E-state index contributed by atoms with van der Waals surface area (Å²) in [5.41, 5.74) is 1.80. The summed E-state index contributed by atoms with van der Waals surface area (Å²) >= 11 is 1.62. The third-order valence-electron chi connectivity index (χ3n) is 3.34. The smallest absolute Gasteiger partial charge is 0.266 e. The molecule has 0 aromatic heterocycles. The van der Waals surface area contributed by atoms with Crippen molar-refractivity contribution in [3.05, 3.63) is 66.2 Å². The maximum atomic E-state index is 12.5. The molecule has 0 fully saturated rings. The molecular weight excluding hydrogens is 282 g/mol. The van der Waals surface area contributed by atoms with Crippen LogP contribution in [0.4, 0.5) is 5.69 Å². The number of carbonyl (C=O) groups is 2. The highest BCUT2D eigenvalue weighted by atomic mass is 32.2. The van der Waals surface area contributed by atoms with Crippen LogP contribution < -0.4 is 4.90 Å². The molecule has 1 heterocycles. The van der Waals surface area contributed by atoms with Gasteiger partial charge in [0.1, 0.15) is 0 Å². The van der Waals surface area contributed by atoms with Gasteiger partial charge in [-0.1, -0.05) is 30.3 Å². The van der Waals surface area contributed by atoms with Gasteiger partial charge in [0.2, 0.25) is 0 Å². The number of rotatable bonds is 3. The number of thioether (sulfide) groups is 1. The lowest BCUT2D eigenvalue weighted by Gasteiger charge is -2.15. The van der Waals surface area contributed by atoms with Gasteiger partial charge >= 0.3 is 0 Å². The molecular formula is C17H13NO2S. The number of nitrogens with zero attached hydrogens (tertiary/aromatic N) is 1. The Balaban J connectivity index is 1.93. The van der Waals surface area contributed by atoms with Gasteiger partial charge in [0, 0.05) is 11.0 Å². The Kier molecular flexibility index (Phi) is 3.62. The van der Waals surface area contributed by atoms with Gasteiger partial charge in [0.05, 0.1) is 11.3 Å². The fourth-order valence-electron chi connectivity index (χ4n) is 2.27. The van der Waals surface area contributed by atoms with Crippen molar-refractivity contribution < 1.29 is 9.59 Å². The lowest BCUT2D eigenvalue weighted by atomic mass is 10.1. The molecule has 4 heteroatoms. The average molecular weight is 295 g/mol. The van der Waals surface area contributed by atoms with E-state index in [1.165, 1.54) is 11.0 Å². The first-order chi connectivity index (χ1) is 10.2. The summed E-state index contributed by atoms with van der Waals surface area (Å²) < 4.78 is 0. The van der Waals surface area contributed by atoms with Gasteiger partial charge in [-0.3, -0.25) is 9.59 Å². The molecule has 0 N–H and O–H groups in total. The first-order valence-electron chi connectivity index (χ1n) is 6.50. The van der Waals surface area contributed by atoms with E-state index in [0.717, 1.165) is 10.5 Å². The fraction of sp³-hybridized carbons (Fsp3) is 0.0588. The monoisotopic (exact) mass is 295 g/mol. The summed E-state index contributed by atoms with van der Waals surface area (Å²) in [6.07, 6.45) is 3.39. The number of benzene rings is 2. The molecule has 2 amide bonds. The first kappa shape index (κ1) is 13.6. The standard InChI is InChI=1S/C17H13NO2S/c1-21-14-9-7-13(8-10-14)18-16(19)11-15(17(18)20)12-5-3-2-4-6-12/h2-11H,1H3. The summed E-state index contributed by atoms with van der Waals surface area (Å²) in [7, 11) is 0. The summed E-state index contributed by atoms with van der Waals surface area (Å²) in [5.74, 6) is -0.571. The van der Waals surface area contributed by atoms with Crippen LogP contribution in [0.15, 0.2) is 65.6 Å². The molecule has 104 valence electrons. The number of hydrogen-bond acceptors (Lipinski definition) is 3. The van der Waals surface area contributed by atoms with Crippen LogP contribution in [0.3, 0.4) is 0 Å². The number of carbonyl (C=O) groups excluding carboxylic acids is 2. The molecule has 0 bridgehead atoms. The molecule has 0 saturated heterocycles. The van der Waals surface area contributed by atoms with Crippen LogP contribution in [0.2, 0.25) is 0 Å². The maximum Gasteiger partial charge on any atom is 0.266 e. The zero-order valence-corrected chi connectivity index (χ0v) is 12.3. The summed E-state index contributed by atoms with van der Waals surface area (Å²) in [4.78, 5) is 27.0. The Morgan fingerprint density at radius 2 is 1.57 bits per heavy atom. The van der Waals surface area contributed by atoms with Crippen LogP contribution in [0.25, 0.3) is 5.57 Å². The van der Waals surface area contributed by atoms with Crippen molar-refractivity contribution in [2.24, 2.45) is 0 Å². The largest absolute Gasteiger partial charge is 0.269 e. The van der Waals surface area contributed by atoms with Gasteiger partial charge in [-0.2, -0.15) is 0 Å². The van der Waals surface area contributed by atoms with Crippen molar-refractivity contribution in [3.63, 3.8) is 0 Å². The zero-order chi connectivity index (χ0) is 14.8. The van der Waals surface area contributed by atoms with E-state index in [9.17, 15) is 9.59 Å². The third kappa shape index (κ3) is 2.50. The molecule has 21 heavy (non-hydrogen) atoms. The molecule has 0 atom stereocenters. The molecule has 2 aromatic rings. The van der Waals surface area contributed by atoms with E-state index in [1.807, 2.05) is 48.7 Å². The number of anilines is 1. The Morgan fingerprint density at radius 3 is 2.19 bits per heavy atom. The Hall–Kier alpha value is -2.33. The van der Waals surface area contributed by atoms with E-state index in [2.05, 4.69) is 0 Å².